The maximum atomic E-state index is 4.36. The van der Waals surface area contributed by atoms with Crippen LogP contribution in [-0.2, 0) is 6.54 Å². The van der Waals surface area contributed by atoms with Crippen LogP contribution in [-0.4, -0.2) is 16.3 Å². The summed E-state index contributed by atoms with van der Waals surface area (Å²) in [6.07, 6.45) is 6.33. The van der Waals surface area contributed by atoms with Crippen molar-refractivity contribution in [3.05, 3.63) is 42.2 Å². The van der Waals surface area contributed by atoms with Crippen LogP contribution in [0, 0.1) is 0 Å². The number of hydrogen-bond donors (Lipinski definition) is 1. The Hall–Kier alpha value is -1.61. The molecule has 0 aliphatic rings. The summed E-state index contributed by atoms with van der Waals surface area (Å²) in [6.45, 7) is 8.52. The second-order valence-electron chi connectivity index (χ2n) is 5.13. The van der Waals surface area contributed by atoms with Crippen LogP contribution >= 0.6 is 0 Å². The van der Waals surface area contributed by atoms with E-state index in [1.807, 2.05) is 10.9 Å². The first-order chi connectivity index (χ1) is 9.78. The molecule has 2 rings (SSSR count). The first-order valence-corrected chi connectivity index (χ1v) is 7.64. The number of aromatic nitrogens is 2. The molecule has 0 aliphatic carbocycles. The molecule has 20 heavy (non-hydrogen) atoms. The molecule has 1 heterocycles. The van der Waals surface area contributed by atoms with Gasteiger partial charge in [0.25, 0.3) is 0 Å². The molecular formula is C17H25N3. The third-order valence-corrected chi connectivity index (χ3v) is 3.63. The third-order valence-electron chi connectivity index (χ3n) is 3.63. The van der Waals surface area contributed by atoms with Gasteiger partial charge in [-0.1, -0.05) is 32.0 Å². The monoisotopic (exact) mass is 271 g/mol. The molecule has 1 atom stereocenters. The highest BCUT2D eigenvalue weighted by Crippen LogP contribution is 2.24. The smallest absolute Gasteiger partial charge is 0.0568 e. The largest absolute Gasteiger partial charge is 0.310 e. The molecular weight excluding hydrogens is 246 g/mol. The number of benzene rings is 1. The Morgan fingerprint density at radius 2 is 2.05 bits per heavy atom. The molecule has 3 nitrogen and oxygen atoms in total. The van der Waals surface area contributed by atoms with Gasteiger partial charge in [0.05, 0.1) is 6.20 Å². The zero-order valence-corrected chi connectivity index (χ0v) is 12.8. The van der Waals surface area contributed by atoms with E-state index < -0.39 is 0 Å². The van der Waals surface area contributed by atoms with E-state index in [1.54, 1.807) is 0 Å². The fraction of sp³-hybridized carbons (Fsp3) is 0.471. The summed E-state index contributed by atoms with van der Waals surface area (Å²) in [7, 11) is 0. The van der Waals surface area contributed by atoms with Gasteiger partial charge in [-0.05, 0) is 43.5 Å². The molecule has 1 aromatic heterocycles. The molecule has 0 radical (unpaired) electrons. The standard InChI is InChI=1S/C17H25N3/c1-4-10-18-17(5-2)15-9-7-8-14(11-15)16-12-19-20(6-3)13-16/h7-9,11-13,17-18H,4-6,10H2,1-3H3. The van der Waals surface area contributed by atoms with E-state index in [0.29, 0.717) is 6.04 Å². The normalized spacial score (nSPS) is 12.6. The van der Waals surface area contributed by atoms with Gasteiger partial charge in [-0.2, -0.15) is 5.10 Å². The summed E-state index contributed by atoms with van der Waals surface area (Å²) in [6, 6.07) is 9.24. The van der Waals surface area contributed by atoms with E-state index in [1.165, 1.54) is 23.1 Å². The average molecular weight is 271 g/mol. The van der Waals surface area contributed by atoms with Crippen molar-refractivity contribution >= 4 is 0 Å². The second-order valence-corrected chi connectivity index (χ2v) is 5.13. The molecule has 0 saturated heterocycles. The van der Waals surface area contributed by atoms with Crippen molar-refractivity contribution in [2.24, 2.45) is 0 Å². The molecule has 1 N–H and O–H groups in total. The molecule has 1 aromatic carbocycles. The van der Waals surface area contributed by atoms with Gasteiger partial charge in [0.2, 0.25) is 0 Å². The average Bonchev–Trinajstić information content (AvgIpc) is 2.97. The van der Waals surface area contributed by atoms with E-state index >= 15 is 0 Å². The zero-order chi connectivity index (χ0) is 14.4. The van der Waals surface area contributed by atoms with Crippen molar-refractivity contribution < 1.29 is 0 Å². The summed E-state index contributed by atoms with van der Waals surface area (Å²) in [5.74, 6) is 0. The summed E-state index contributed by atoms with van der Waals surface area (Å²) < 4.78 is 1.97. The Labute approximate surface area is 122 Å². The molecule has 0 fully saturated rings. The Bertz CT molecular complexity index is 531. The molecule has 0 bridgehead atoms. The van der Waals surface area contributed by atoms with E-state index in [9.17, 15) is 0 Å². The SMILES string of the molecule is CCCNC(CC)c1cccc(-c2cnn(CC)c2)c1. The van der Waals surface area contributed by atoms with Crippen molar-refractivity contribution in [1.82, 2.24) is 15.1 Å². The van der Waals surface area contributed by atoms with Gasteiger partial charge >= 0.3 is 0 Å². The highest BCUT2D eigenvalue weighted by atomic mass is 15.3. The van der Waals surface area contributed by atoms with Gasteiger partial charge in [-0.25, -0.2) is 0 Å². The van der Waals surface area contributed by atoms with Gasteiger partial charge in [0.15, 0.2) is 0 Å². The summed E-state index contributed by atoms with van der Waals surface area (Å²) >= 11 is 0. The second kappa shape index (κ2) is 7.25. The number of rotatable bonds is 7. The van der Waals surface area contributed by atoms with Gasteiger partial charge in [0, 0.05) is 24.3 Å². The maximum Gasteiger partial charge on any atom is 0.0568 e. The van der Waals surface area contributed by atoms with Crippen LogP contribution in [0.2, 0.25) is 0 Å². The van der Waals surface area contributed by atoms with E-state index in [2.05, 4.69) is 61.6 Å². The van der Waals surface area contributed by atoms with Crippen LogP contribution < -0.4 is 5.32 Å². The number of nitrogens with one attached hydrogen (secondary N) is 1. The lowest BCUT2D eigenvalue weighted by atomic mass is 9.99. The van der Waals surface area contributed by atoms with Crippen molar-refractivity contribution in [1.29, 1.82) is 0 Å². The van der Waals surface area contributed by atoms with E-state index in [-0.39, 0.29) is 0 Å². The van der Waals surface area contributed by atoms with Crippen LogP contribution in [0.25, 0.3) is 11.1 Å². The maximum absolute atomic E-state index is 4.36. The Morgan fingerprint density at radius 3 is 2.70 bits per heavy atom. The summed E-state index contributed by atoms with van der Waals surface area (Å²) in [5, 5.41) is 7.97. The topological polar surface area (TPSA) is 29.9 Å². The lowest BCUT2D eigenvalue weighted by Crippen LogP contribution is -2.21. The van der Waals surface area contributed by atoms with Crippen LogP contribution in [0.5, 0.6) is 0 Å². The summed E-state index contributed by atoms with van der Waals surface area (Å²) in [4.78, 5) is 0. The third kappa shape index (κ3) is 3.48. The van der Waals surface area contributed by atoms with Crippen LogP contribution in [0.1, 0.15) is 45.2 Å². The molecule has 3 heteroatoms. The number of hydrogen-bond acceptors (Lipinski definition) is 2. The summed E-state index contributed by atoms with van der Waals surface area (Å²) in [5.41, 5.74) is 3.81. The lowest BCUT2D eigenvalue weighted by molar-refractivity contribution is 0.518. The molecule has 2 aromatic rings. The number of nitrogens with zero attached hydrogens (tertiary/aromatic N) is 2. The van der Waals surface area contributed by atoms with Crippen molar-refractivity contribution in [3.8, 4) is 11.1 Å². The van der Waals surface area contributed by atoms with Gasteiger partial charge in [0.1, 0.15) is 0 Å². The fourth-order valence-electron chi connectivity index (χ4n) is 2.44. The minimum atomic E-state index is 0.441. The molecule has 108 valence electrons. The highest BCUT2D eigenvalue weighted by Gasteiger charge is 2.09. The Balaban J connectivity index is 2.22. The molecule has 0 spiro atoms. The van der Waals surface area contributed by atoms with Gasteiger partial charge in [-0.15, -0.1) is 0 Å². The molecule has 1 unspecified atom stereocenters. The Morgan fingerprint density at radius 1 is 1.20 bits per heavy atom. The predicted octanol–water partition coefficient (Wildman–Crippen LogP) is 4.02. The van der Waals surface area contributed by atoms with Gasteiger partial charge < -0.3 is 5.32 Å². The molecule has 0 aliphatic heterocycles. The van der Waals surface area contributed by atoms with Gasteiger partial charge in [-0.3, -0.25) is 4.68 Å². The van der Waals surface area contributed by atoms with Crippen LogP contribution in [0.3, 0.4) is 0 Å². The molecule has 0 amide bonds. The zero-order valence-electron chi connectivity index (χ0n) is 12.8. The van der Waals surface area contributed by atoms with Crippen molar-refractivity contribution in [2.75, 3.05) is 6.54 Å². The van der Waals surface area contributed by atoms with Crippen molar-refractivity contribution in [2.45, 2.75) is 46.2 Å². The van der Waals surface area contributed by atoms with Crippen LogP contribution in [0.4, 0.5) is 0 Å². The number of aryl methyl sites for hydroxylation is 1. The van der Waals surface area contributed by atoms with Crippen LogP contribution in [0.15, 0.2) is 36.7 Å². The first-order valence-electron chi connectivity index (χ1n) is 7.64. The Kier molecular flexibility index (Phi) is 5.36. The minimum Gasteiger partial charge on any atom is -0.310 e. The fourth-order valence-corrected chi connectivity index (χ4v) is 2.44. The highest BCUT2D eigenvalue weighted by molar-refractivity contribution is 5.62. The van der Waals surface area contributed by atoms with E-state index in [0.717, 1.165) is 19.5 Å². The van der Waals surface area contributed by atoms with Crippen molar-refractivity contribution in [3.63, 3.8) is 0 Å². The van der Waals surface area contributed by atoms with E-state index in [4.69, 9.17) is 0 Å². The quantitative estimate of drug-likeness (QED) is 0.824. The predicted molar refractivity (Wildman–Crippen MR) is 84.7 cm³/mol. The first kappa shape index (κ1) is 14.8. The lowest BCUT2D eigenvalue weighted by Gasteiger charge is -2.17. The minimum absolute atomic E-state index is 0.441. The molecule has 0 saturated carbocycles.